The summed E-state index contributed by atoms with van der Waals surface area (Å²) >= 11 is 0. The van der Waals surface area contributed by atoms with Gasteiger partial charge in [0.2, 0.25) is 0 Å². The molecule has 1 N–H and O–H groups in total. The van der Waals surface area contributed by atoms with Gasteiger partial charge in [0.1, 0.15) is 0 Å². The number of ether oxygens (including phenoxy) is 1. The van der Waals surface area contributed by atoms with Crippen LogP contribution in [0.2, 0.25) is 0 Å². The largest absolute Gasteiger partial charge is 0.385 e. The maximum absolute atomic E-state index is 12.5. The van der Waals surface area contributed by atoms with E-state index in [-0.39, 0.29) is 5.91 Å². The standard InChI is InChI=1S/C16H21N3O2/c1-3-6-18-13-4-5-15(12(2)9-13)16(20)19-7-8-21-14(10-17)11-19/h4-5,9,14,18H,3,6-8,11H2,1-2H3. The van der Waals surface area contributed by atoms with Gasteiger partial charge in [0.15, 0.2) is 6.10 Å². The van der Waals surface area contributed by atoms with E-state index in [1.807, 2.05) is 25.1 Å². The van der Waals surface area contributed by atoms with Crippen molar-refractivity contribution in [1.82, 2.24) is 4.90 Å². The molecule has 2 rings (SSSR count). The van der Waals surface area contributed by atoms with Crippen molar-refractivity contribution < 1.29 is 9.53 Å². The highest BCUT2D eigenvalue weighted by Gasteiger charge is 2.25. The van der Waals surface area contributed by atoms with Crippen LogP contribution in [0.5, 0.6) is 0 Å². The minimum Gasteiger partial charge on any atom is -0.385 e. The van der Waals surface area contributed by atoms with Crippen LogP contribution in [0.4, 0.5) is 5.69 Å². The molecule has 1 atom stereocenters. The third-order valence-corrected chi connectivity index (χ3v) is 3.53. The first-order chi connectivity index (χ1) is 10.2. The number of rotatable bonds is 4. The molecule has 1 amide bonds. The Labute approximate surface area is 125 Å². The smallest absolute Gasteiger partial charge is 0.254 e. The zero-order chi connectivity index (χ0) is 15.2. The SMILES string of the molecule is CCCNc1ccc(C(=O)N2CCOC(C#N)C2)c(C)c1. The van der Waals surface area contributed by atoms with Crippen LogP contribution < -0.4 is 5.32 Å². The van der Waals surface area contributed by atoms with Gasteiger partial charge in [-0.25, -0.2) is 0 Å². The van der Waals surface area contributed by atoms with E-state index in [1.54, 1.807) is 4.90 Å². The van der Waals surface area contributed by atoms with Crippen LogP contribution in [0.25, 0.3) is 0 Å². The molecule has 1 aromatic carbocycles. The second-order valence-corrected chi connectivity index (χ2v) is 5.20. The van der Waals surface area contributed by atoms with Crippen molar-refractivity contribution in [3.8, 4) is 6.07 Å². The van der Waals surface area contributed by atoms with Gasteiger partial charge in [0, 0.05) is 24.3 Å². The number of hydrogen-bond donors (Lipinski definition) is 1. The van der Waals surface area contributed by atoms with Gasteiger partial charge in [-0.1, -0.05) is 6.92 Å². The first-order valence-electron chi connectivity index (χ1n) is 7.30. The van der Waals surface area contributed by atoms with E-state index in [0.717, 1.165) is 24.2 Å². The highest BCUT2D eigenvalue weighted by atomic mass is 16.5. The number of aryl methyl sites for hydroxylation is 1. The lowest BCUT2D eigenvalue weighted by Gasteiger charge is -2.30. The van der Waals surface area contributed by atoms with Crippen LogP contribution in [0.1, 0.15) is 29.3 Å². The summed E-state index contributed by atoms with van der Waals surface area (Å²) in [5.41, 5.74) is 2.67. The maximum Gasteiger partial charge on any atom is 0.254 e. The van der Waals surface area contributed by atoms with Crippen molar-refractivity contribution in [3.63, 3.8) is 0 Å². The molecular weight excluding hydrogens is 266 g/mol. The molecule has 5 heteroatoms. The summed E-state index contributed by atoms with van der Waals surface area (Å²) in [5, 5.41) is 12.2. The predicted molar refractivity (Wildman–Crippen MR) is 81.2 cm³/mol. The fraction of sp³-hybridized carbons (Fsp3) is 0.500. The van der Waals surface area contributed by atoms with Gasteiger partial charge < -0.3 is 15.0 Å². The summed E-state index contributed by atoms with van der Waals surface area (Å²) in [6.07, 6.45) is 0.539. The molecule has 0 saturated carbocycles. The number of carbonyl (C=O) groups excluding carboxylic acids is 1. The van der Waals surface area contributed by atoms with Gasteiger partial charge >= 0.3 is 0 Å². The summed E-state index contributed by atoms with van der Waals surface area (Å²) in [6, 6.07) is 7.83. The second-order valence-electron chi connectivity index (χ2n) is 5.20. The lowest BCUT2D eigenvalue weighted by molar-refractivity contribution is 0.00343. The lowest BCUT2D eigenvalue weighted by Crippen LogP contribution is -2.45. The van der Waals surface area contributed by atoms with E-state index >= 15 is 0 Å². The molecule has 0 aliphatic carbocycles. The third-order valence-electron chi connectivity index (χ3n) is 3.53. The second kappa shape index (κ2) is 7.09. The minimum absolute atomic E-state index is 0.0295. The number of nitrogens with one attached hydrogen (secondary N) is 1. The third kappa shape index (κ3) is 3.73. The Morgan fingerprint density at radius 3 is 3.05 bits per heavy atom. The Balaban J connectivity index is 2.10. The zero-order valence-corrected chi connectivity index (χ0v) is 12.6. The van der Waals surface area contributed by atoms with Crippen LogP contribution in [0.15, 0.2) is 18.2 Å². The summed E-state index contributed by atoms with van der Waals surface area (Å²) in [5.74, 6) is -0.0295. The molecule has 1 unspecified atom stereocenters. The highest BCUT2D eigenvalue weighted by molar-refractivity contribution is 5.96. The van der Waals surface area contributed by atoms with Crippen LogP contribution in [-0.2, 0) is 4.74 Å². The summed E-state index contributed by atoms with van der Waals surface area (Å²) in [6.45, 7) is 6.25. The molecule has 1 aliphatic heterocycles. The molecule has 112 valence electrons. The molecule has 0 aromatic heterocycles. The van der Waals surface area contributed by atoms with Crippen LogP contribution in [-0.4, -0.2) is 43.2 Å². The molecule has 1 aromatic rings. The Morgan fingerprint density at radius 1 is 1.57 bits per heavy atom. The quantitative estimate of drug-likeness (QED) is 0.922. The Kier molecular flexibility index (Phi) is 5.18. The molecular formula is C16H21N3O2. The minimum atomic E-state index is -0.520. The van der Waals surface area contributed by atoms with Crippen LogP contribution in [0.3, 0.4) is 0 Å². The maximum atomic E-state index is 12.5. The van der Waals surface area contributed by atoms with E-state index in [2.05, 4.69) is 18.3 Å². The molecule has 0 spiro atoms. The Hall–Kier alpha value is -2.06. The Bertz CT molecular complexity index is 551. The number of nitriles is 1. The summed E-state index contributed by atoms with van der Waals surface area (Å²) < 4.78 is 5.27. The average Bonchev–Trinajstić information content (AvgIpc) is 2.52. The predicted octanol–water partition coefficient (Wildman–Crippen LogP) is 2.18. The molecule has 0 radical (unpaired) electrons. The van der Waals surface area contributed by atoms with Crippen molar-refractivity contribution in [2.75, 3.05) is 31.6 Å². The number of anilines is 1. The van der Waals surface area contributed by atoms with Crippen molar-refractivity contribution in [2.24, 2.45) is 0 Å². The lowest BCUT2D eigenvalue weighted by atomic mass is 10.1. The van der Waals surface area contributed by atoms with Gasteiger partial charge in [-0.05, 0) is 37.1 Å². The number of benzene rings is 1. The van der Waals surface area contributed by atoms with Crippen molar-refractivity contribution in [3.05, 3.63) is 29.3 Å². The summed E-state index contributed by atoms with van der Waals surface area (Å²) in [4.78, 5) is 14.2. The van der Waals surface area contributed by atoms with E-state index in [4.69, 9.17) is 10.00 Å². The van der Waals surface area contributed by atoms with E-state index in [9.17, 15) is 4.79 Å². The van der Waals surface area contributed by atoms with E-state index < -0.39 is 6.10 Å². The van der Waals surface area contributed by atoms with Gasteiger partial charge in [-0.2, -0.15) is 5.26 Å². The number of amides is 1. The van der Waals surface area contributed by atoms with E-state index in [0.29, 0.717) is 25.3 Å². The number of hydrogen-bond acceptors (Lipinski definition) is 4. The fourth-order valence-corrected chi connectivity index (χ4v) is 2.37. The first kappa shape index (κ1) is 15.3. The highest BCUT2D eigenvalue weighted by Crippen LogP contribution is 2.18. The summed E-state index contributed by atoms with van der Waals surface area (Å²) in [7, 11) is 0. The van der Waals surface area contributed by atoms with Gasteiger partial charge in [-0.15, -0.1) is 0 Å². The van der Waals surface area contributed by atoms with Crippen LogP contribution in [0, 0.1) is 18.3 Å². The van der Waals surface area contributed by atoms with E-state index in [1.165, 1.54) is 0 Å². The zero-order valence-electron chi connectivity index (χ0n) is 12.6. The topological polar surface area (TPSA) is 65.4 Å². The molecule has 1 saturated heterocycles. The number of carbonyl (C=O) groups is 1. The molecule has 21 heavy (non-hydrogen) atoms. The molecule has 1 aliphatic rings. The van der Waals surface area contributed by atoms with Gasteiger partial charge in [-0.3, -0.25) is 4.79 Å². The molecule has 1 heterocycles. The molecule has 0 bridgehead atoms. The number of nitrogens with zero attached hydrogens (tertiary/aromatic N) is 2. The first-order valence-corrected chi connectivity index (χ1v) is 7.30. The average molecular weight is 287 g/mol. The molecule has 5 nitrogen and oxygen atoms in total. The Morgan fingerprint density at radius 2 is 2.38 bits per heavy atom. The van der Waals surface area contributed by atoms with Crippen LogP contribution >= 0.6 is 0 Å². The fourth-order valence-electron chi connectivity index (χ4n) is 2.37. The van der Waals surface area contributed by atoms with Gasteiger partial charge in [0.05, 0.1) is 19.2 Å². The van der Waals surface area contributed by atoms with Crippen molar-refractivity contribution >= 4 is 11.6 Å². The van der Waals surface area contributed by atoms with Crippen molar-refractivity contribution in [2.45, 2.75) is 26.4 Å². The van der Waals surface area contributed by atoms with Gasteiger partial charge in [0.25, 0.3) is 5.91 Å². The molecule has 1 fully saturated rings. The number of morpholine rings is 1. The normalized spacial score (nSPS) is 18.1. The monoisotopic (exact) mass is 287 g/mol. The van der Waals surface area contributed by atoms with Crippen molar-refractivity contribution in [1.29, 1.82) is 5.26 Å².